The summed E-state index contributed by atoms with van der Waals surface area (Å²) in [4.78, 5) is 24.6. The number of carbonyl (C=O) groups is 2. The minimum Gasteiger partial charge on any atom is -0.329 e. The first-order valence-electron chi connectivity index (χ1n) is 6.84. The van der Waals surface area contributed by atoms with Gasteiger partial charge in [0.25, 0.3) is 0 Å². The van der Waals surface area contributed by atoms with E-state index in [0.717, 1.165) is 16.8 Å². The van der Waals surface area contributed by atoms with Crippen LogP contribution in [0.2, 0.25) is 0 Å². The summed E-state index contributed by atoms with van der Waals surface area (Å²) in [7, 11) is 0. The van der Waals surface area contributed by atoms with Gasteiger partial charge in [0, 0.05) is 18.0 Å². The van der Waals surface area contributed by atoms with Crippen LogP contribution in [0.3, 0.4) is 0 Å². The van der Waals surface area contributed by atoms with Crippen molar-refractivity contribution in [2.45, 2.75) is 19.3 Å². The molecule has 0 saturated heterocycles. The van der Waals surface area contributed by atoms with E-state index in [-0.39, 0.29) is 11.8 Å². The average molecular weight is 280 g/mol. The maximum absolute atomic E-state index is 12.7. The second-order valence-electron chi connectivity index (χ2n) is 5.18. The lowest BCUT2D eigenvalue weighted by molar-refractivity contribution is -0.118. The van der Waals surface area contributed by atoms with Crippen LogP contribution in [0.1, 0.15) is 19.4 Å². The second-order valence-corrected chi connectivity index (χ2v) is 5.18. The van der Waals surface area contributed by atoms with Gasteiger partial charge >= 0.3 is 0 Å². The van der Waals surface area contributed by atoms with Crippen LogP contribution < -0.4 is 10.6 Å². The molecule has 2 N–H and O–H groups in total. The predicted molar refractivity (Wildman–Crippen MR) is 81.5 cm³/mol. The lowest BCUT2D eigenvalue weighted by atomic mass is 9.72. The molecule has 0 fully saturated rings. The highest BCUT2D eigenvalue weighted by molar-refractivity contribution is 6.12. The Morgan fingerprint density at radius 3 is 2.76 bits per heavy atom. The first-order valence-corrected chi connectivity index (χ1v) is 6.84. The summed E-state index contributed by atoms with van der Waals surface area (Å²) >= 11 is 0. The minimum atomic E-state index is -0.952. The van der Waals surface area contributed by atoms with Crippen molar-refractivity contribution < 1.29 is 9.59 Å². The summed E-state index contributed by atoms with van der Waals surface area (Å²) in [6.07, 6.45) is 6.74. The smallest absolute Gasteiger partial charge is 0.248 e. The maximum Gasteiger partial charge on any atom is 0.248 e. The number of fused-ring (bicyclic) bond motifs is 2. The van der Waals surface area contributed by atoms with E-state index in [1.165, 1.54) is 6.08 Å². The van der Waals surface area contributed by atoms with Gasteiger partial charge in [-0.25, -0.2) is 0 Å². The first kappa shape index (κ1) is 13.4. The van der Waals surface area contributed by atoms with Crippen LogP contribution >= 0.6 is 0 Å². The second kappa shape index (κ2) is 4.74. The predicted octanol–water partition coefficient (Wildman–Crippen LogP) is 2.41. The van der Waals surface area contributed by atoms with Crippen molar-refractivity contribution in [2.75, 3.05) is 5.32 Å². The van der Waals surface area contributed by atoms with E-state index in [2.05, 4.69) is 10.6 Å². The van der Waals surface area contributed by atoms with E-state index < -0.39 is 5.41 Å². The summed E-state index contributed by atoms with van der Waals surface area (Å²) in [5.41, 5.74) is 2.32. The Labute approximate surface area is 123 Å². The molecule has 1 spiro atoms. The van der Waals surface area contributed by atoms with Gasteiger partial charge in [-0.1, -0.05) is 29.8 Å². The van der Waals surface area contributed by atoms with Crippen molar-refractivity contribution in [1.29, 1.82) is 0 Å². The number of amides is 2. The molecular formula is C17H16N2O2. The zero-order chi connectivity index (χ0) is 15.0. The molecule has 0 saturated carbocycles. The van der Waals surface area contributed by atoms with Crippen LogP contribution in [0, 0.1) is 0 Å². The van der Waals surface area contributed by atoms with Crippen molar-refractivity contribution in [2.24, 2.45) is 0 Å². The van der Waals surface area contributed by atoms with Crippen LogP contribution in [0.5, 0.6) is 0 Å². The largest absolute Gasteiger partial charge is 0.329 e. The third-order valence-corrected chi connectivity index (χ3v) is 4.08. The SMILES string of the molecule is CC=C(C)C1=CC(=O)NC=CC12C(=O)Nc1ccccc12. The van der Waals surface area contributed by atoms with Crippen molar-refractivity contribution in [1.82, 2.24) is 5.32 Å². The lowest BCUT2D eigenvalue weighted by Crippen LogP contribution is -2.35. The molecule has 0 radical (unpaired) electrons. The van der Waals surface area contributed by atoms with E-state index in [4.69, 9.17) is 0 Å². The number of anilines is 1. The Bertz CT molecular complexity index is 728. The van der Waals surface area contributed by atoms with Crippen LogP contribution in [0.25, 0.3) is 0 Å². The van der Waals surface area contributed by atoms with Gasteiger partial charge in [-0.2, -0.15) is 0 Å². The van der Waals surface area contributed by atoms with Gasteiger partial charge in [0.2, 0.25) is 11.8 Å². The van der Waals surface area contributed by atoms with Gasteiger partial charge < -0.3 is 10.6 Å². The molecule has 2 amide bonds. The third kappa shape index (κ3) is 1.83. The molecule has 0 aliphatic carbocycles. The molecule has 1 aromatic rings. The topological polar surface area (TPSA) is 58.2 Å². The molecule has 0 aromatic heterocycles. The number of hydrogen-bond acceptors (Lipinski definition) is 2. The zero-order valence-corrected chi connectivity index (χ0v) is 11.9. The Hall–Kier alpha value is -2.62. The van der Waals surface area contributed by atoms with Gasteiger partial charge in [0.15, 0.2) is 0 Å². The quantitative estimate of drug-likeness (QED) is 0.830. The summed E-state index contributed by atoms with van der Waals surface area (Å²) in [5, 5.41) is 5.57. The maximum atomic E-state index is 12.7. The summed E-state index contributed by atoms with van der Waals surface area (Å²) in [6.45, 7) is 3.81. The molecule has 2 heterocycles. The molecular weight excluding hydrogens is 264 g/mol. The molecule has 1 atom stereocenters. The number of benzene rings is 1. The molecule has 106 valence electrons. The van der Waals surface area contributed by atoms with E-state index >= 15 is 0 Å². The highest BCUT2D eigenvalue weighted by Gasteiger charge is 2.48. The highest BCUT2D eigenvalue weighted by Crippen LogP contribution is 2.46. The normalized spacial score (nSPS) is 24.3. The molecule has 0 bridgehead atoms. The summed E-state index contributed by atoms with van der Waals surface area (Å²) in [5.74, 6) is -0.361. The monoisotopic (exact) mass is 280 g/mol. The fourth-order valence-corrected chi connectivity index (χ4v) is 2.92. The van der Waals surface area contributed by atoms with E-state index in [9.17, 15) is 9.59 Å². The van der Waals surface area contributed by atoms with Crippen molar-refractivity contribution in [3.05, 3.63) is 65.4 Å². The number of nitrogens with one attached hydrogen (secondary N) is 2. The third-order valence-electron chi connectivity index (χ3n) is 4.08. The Balaban J connectivity index is 2.33. The Kier molecular flexibility index (Phi) is 3.01. The van der Waals surface area contributed by atoms with Crippen molar-refractivity contribution in [3.63, 3.8) is 0 Å². The molecule has 4 heteroatoms. The molecule has 2 aliphatic rings. The molecule has 3 rings (SSSR count). The average Bonchev–Trinajstić information content (AvgIpc) is 2.65. The van der Waals surface area contributed by atoms with Crippen LogP contribution in [-0.2, 0) is 15.0 Å². The zero-order valence-electron chi connectivity index (χ0n) is 11.9. The summed E-state index contributed by atoms with van der Waals surface area (Å²) < 4.78 is 0. The number of rotatable bonds is 1. The van der Waals surface area contributed by atoms with Gasteiger partial charge in [-0.15, -0.1) is 0 Å². The number of hydrogen-bond donors (Lipinski definition) is 2. The molecule has 1 aromatic carbocycles. The van der Waals surface area contributed by atoms with Crippen molar-refractivity contribution >= 4 is 17.5 Å². The number of para-hydroxylation sites is 1. The Morgan fingerprint density at radius 2 is 2.00 bits per heavy atom. The molecule has 4 nitrogen and oxygen atoms in total. The highest BCUT2D eigenvalue weighted by atomic mass is 16.2. The standard InChI is InChI=1S/C17H16N2O2/c1-3-11(2)13-10-15(20)18-9-8-17(13)12-6-4-5-7-14(12)19-16(17)21/h3-10H,1-2H3,(H,18,20)(H,19,21). The van der Waals surface area contributed by atoms with Gasteiger partial charge in [-0.05, 0) is 37.1 Å². The molecule has 21 heavy (non-hydrogen) atoms. The Morgan fingerprint density at radius 1 is 1.24 bits per heavy atom. The molecule has 1 unspecified atom stereocenters. The summed E-state index contributed by atoms with van der Waals surface area (Å²) in [6, 6.07) is 7.58. The minimum absolute atomic E-state index is 0.135. The van der Waals surface area contributed by atoms with E-state index in [1.54, 1.807) is 12.3 Å². The fraction of sp³-hybridized carbons (Fsp3) is 0.176. The molecule has 2 aliphatic heterocycles. The van der Waals surface area contributed by atoms with Crippen LogP contribution in [0.15, 0.2) is 59.8 Å². The van der Waals surface area contributed by atoms with E-state index in [0.29, 0.717) is 5.57 Å². The van der Waals surface area contributed by atoms with Crippen LogP contribution in [0.4, 0.5) is 5.69 Å². The fourth-order valence-electron chi connectivity index (χ4n) is 2.92. The lowest BCUT2D eigenvalue weighted by Gasteiger charge is -2.27. The van der Waals surface area contributed by atoms with Crippen molar-refractivity contribution in [3.8, 4) is 0 Å². The van der Waals surface area contributed by atoms with Gasteiger partial charge in [0.1, 0.15) is 5.41 Å². The number of allylic oxidation sites excluding steroid dienone is 2. The number of carbonyl (C=O) groups excluding carboxylic acids is 2. The van der Waals surface area contributed by atoms with Gasteiger partial charge in [-0.3, -0.25) is 9.59 Å². The van der Waals surface area contributed by atoms with Gasteiger partial charge in [0.05, 0.1) is 0 Å². The van der Waals surface area contributed by atoms with Crippen LogP contribution in [-0.4, -0.2) is 11.8 Å². The van der Waals surface area contributed by atoms with E-state index in [1.807, 2.05) is 44.2 Å². The first-order chi connectivity index (χ1) is 10.1.